The summed E-state index contributed by atoms with van der Waals surface area (Å²) in [7, 11) is 0. The number of aromatic nitrogens is 1. The molecule has 1 heterocycles. The van der Waals surface area contributed by atoms with Crippen LogP contribution >= 0.6 is 0 Å². The molecule has 0 saturated heterocycles. The van der Waals surface area contributed by atoms with Gasteiger partial charge in [-0.3, -0.25) is 4.79 Å². The van der Waals surface area contributed by atoms with Crippen LogP contribution in [0.5, 0.6) is 0 Å². The molecular weight excluding hydrogens is 260 g/mol. The molecule has 0 atom stereocenters. The van der Waals surface area contributed by atoms with Crippen LogP contribution in [0.15, 0.2) is 48.7 Å². The fourth-order valence-corrected chi connectivity index (χ4v) is 2.59. The summed E-state index contributed by atoms with van der Waals surface area (Å²) >= 11 is 0. The van der Waals surface area contributed by atoms with Crippen LogP contribution in [-0.2, 0) is 11.2 Å². The van der Waals surface area contributed by atoms with Crippen LogP contribution in [0.25, 0.3) is 10.9 Å². The average Bonchev–Trinajstić information content (AvgIpc) is 2.90. The molecule has 21 heavy (non-hydrogen) atoms. The lowest BCUT2D eigenvalue weighted by molar-refractivity contribution is -0.115. The van der Waals surface area contributed by atoms with Crippen LogP contribution in [0, 0.1) is 13.8 Å². The van der Waals surface area contributed by atoms with Crippen LogP contribution in [-0.4, -0.2) is 10.9 Å². The Bertz CT molecular complexity index is 782. The van der Waals surface area contributed by atoms with Gasteiger partial charge in [0, 0.05) is 17.4 Å². The van der Waals surface area contributed by atoms with Crippen LogP contribution in [0.2, 0.25) is 0 Å². The molecule has 0 bridgehead atoms. The first-order valence-corrected chi connectivity index (χ1v) is 7.05. The number of rotatable bonds is 3. The largest absolute Gasteiger partial charge is 0.361 e. The fourth-order valence-electron chi connectivity index (χ4n) is 2.59. The van der Waals surface area contributed by atoms with E-state index in [0.29, 0.717) is 6.42 Å². The lowest BCUT2D eigenvalue weighted by Crippen LogP contribution is -2.16. The summed E-state index contributed by atoms with van der Waals surface area (Å²) in [5.41, 5.74) is 5.16. The Morgan fingerprint density at radius 2 is 1.86 bits per heavy atom. The summed E-state index contributed by atoms with van der Waals surface area (Å²) in [6, 6.07) is 14.1. The maximum atomic E-state index is 12.2. The van der Waals surface area contributed by atoms with Crippen molar-refractivity contribution >= 4 is 22.5 Å². The van der Waals surface area contributed by atoms with Gasteiger partial charge in [0.1, 0.15) is 0 Å². The van der Waals surface area contributed by atoms with Crippen molar-refractivity contribution in [3.05, 3.63) is 65.4 Å². The van der Waals surface area contributed by atoms with Gasteiger partial charge < -0.3 is 10.3 Å². The maximum Gasteiger partial charge on any atom is 0.228 e. The molecule has 0 aliphatic rings. The second kappa shape index (κ2) is 5.44. The molecular formula is C18H18N2O. The quantitative estimate of drug-likeness (QED) is 0.748. The molecule has 3 aromatic rings. The zero-order valence-electron chi connectivity index (χ0n) is 12.2. The topological polar surface area (TPSA) is 44.9 Å². The van der Waals surface area contributed by atoms with Gasteiger partial charge in [0.2, 0.25) is 5.91 Å². The number of hydrogen-bond acceptors (Lipinski definition) is 1. The molecule has 0 aliphatic heterocycles. The van der Waals surface area contributed by atoms with E-state index >= 15 is 0 Å². The van der Waals surface area contributed by atoms with Crippen LogP contribution in [0.3, 0.4) is 0 Å². The van der Waals surface area contributed by atoms with Crippen molar-refractivity contribution in [1.29, 1.82) is 0 Å². The van der Waals surface area contributed by atoms with Crippen molar-refractivity contribution in [3.8, 4) is 0 Å². The molecule has 1 amide bonds. The second-order valence-corrected chi connectivity index (χ2v) is 5.39. The molecule has 0 spiro atoms. The number of carbonyl (C=O) groups is 1. The smallest absolute Gasteiger partial charge is 0.228 e. The number of carbonyl (C=O) groups excluding carboxylic acids is 1. The highest BCUT2D eigenvalue weighted by molar-refractivity contribution is 5.94. The Hall–Kier alpha value is -2.55. The third kappa shape index (κ3) is 2.82. The van der Waals surface area contributed by atoms with Crippen molar-refractivity contribution in [3.63, 3.8) is 0 Å². The van der Waals surface area contributed by atoms with Crippen molar-refractivity contribution in [2.75, 3.05) is 5.32 Å². The molecule has 1 aromatic heterocycles. The summed E-state index contributed by atoms with van der Waals surface area (Å²) < 4.78 is 0. The predicted molar refractivity (Wildman–Crippen MR) is 86.5 cm³/mol. The summed E-state index contributed by atoms with van der Waals surface area (Å²) in [6.07, 6.45) is 2.29. The van der Waals surface area contributed by atoms with Gasteiger partial charge in [-0.25, -0.2) is 0 Å². The van der Waals surface area contributed by atoms with E-state index in [9.17, 15) is 4.79 Å². The number of nitrogens with one attached hydrogen (secondary N) is 2. The van der Waals surface area contributed by atoms with Crippen molar-refractivity contribution in [2.24, 2.45) is 0 Å². The molecule has 0 saturated carbocycles. The van der Waals surface area contributed by atoms with Gasteiger partial charge in [-0.2, -0.15) is 0 Å². The van der Waals surface area contributed by atoms with E-state index < -0.39 is 0 Å². The fraction of sp³-hybridized carbons (Fsp3) is 0.167. The number of para-hydroxylation sites is 1. The number of fused-ring (bicyclic) bond motifs is 1. The average molecular weight is 278 g/mol. The minimum absolute atomic E-state index is 0.0123. The monoisotopic (exact) mass is 278 g/mol. The number of hydrogen-bond donors (Lipinski definition) is 2. The molecule has 0 aliphatic carbocycles. The summed E-state index contributed by atoms with van der Waals surface area (Å²) in [6.45, 7) is 4.02. The normalized spacial score (nSPS) is 10.8. The molecule has 2 N–H and O–H groups in total. The van der Waals surface area contributed by atoms with E-state index in [1.807, 2.05) is 62.5 Å². The number of aromatic amines is 1. The van der Waals surface area contributed by atoms with Gasteiger partial charge in [-0.05, 0) is 48.1 Å². The van der Waals surface area contributed by atoms with E-state index in [4.69, 9.17) is 0 Å². The third-order valence-corrected chi connectivity index (χ3v) is 3.73. The number of H-pyrrole nitrogens is 1. The SMILES string of the molecule is Cc1cccc(C)c1NC(=O)Cc1ccc2cc[nH]c2c1. The van der Waals surface area contributed by atoms with Crippen LogP contribution < -0.4 is 5.32 Å². The van der Waals surface area contributed by atoms with E-state index in [1.54, 1.807) is 0 Å². The first-order chi connectivity index (χ1) is 10.1. The standard InChI is InChI=1S/C18H18N2O/c1-12-4-3-5-13(2)18(12)20-17(21)11-14-6-7-15-8-9-19-16(15)10-14/h3-10,19H,11H2,1-2H3,(H,20,21). The minimum atomic E-state index is 0.0123. The van der Waals surface area contributed by atoms with Gasteiger partial charge in [-0.1, -0.05) is 30.3 Å². The predicted octanol–water partition coefficient (Wildman–Crippen LogP) is 3.97. The zero-order chi connectivity index (χ0) is 14.8. The first-order valence-electron chi connectivity index (χ1n) is 7.05. The molecule has 3 rings (SSSR count). The van der Waals surface area contributed by atoms with Crippen LogP contribution in [0.1, 0.15) is 16.7 Å². The Labute approximate surface area is 124 Å². The second-order valence-electron chi connectivity index (χ2n) is 5.39. The van der Waals surface area contributed by atoms with E-state index in [2.05, 4.69) is 10.3 Å². The lowest BCUT2D eigenvalue weighted by Gasteiger charge is -2.11. The summed E-state index contributed by atoms with van der Waals surface area (Å²) in [4.78, 5) is 15.4. The van der Waals surface area contributed by atoms with Crippen molar-refractivity contribution < 1.29 is 4.79 Å². The Kier molecular flexibility index (Phi) is 3.48. The van der Waals surface area contributed by atoms with E-state index in [1.165, 1.54) is 0 Å². The van der Waals surface area contributed by atoms with Crippen LogP contribution in [0.4, 0.5) is 5.69 Å². The van der Waals surface area contributed by atoms with E-state index in [0.717, 1.165) is 33.3 Å². The Balaban J connectivity index is 1.77. The molecule has 0 radical (unpaired) electrons. The van der Waals surface area contributed by atoms with Gasteiger partial charge in [0.25, 0.3) is 0 Å². The summed E-state index contributed by atoms with van der Waals surface area (Å²) in [5, 5.41) is 4.18. The lowest BCUT2D eigenvalue weighted by atomic mass is 10.1. The van der Waals surface area contributed by atoms with Gasteiger partial charge in [0.05, 0.1) is 6.42 Å². The van der Waals surface area contributed by atoms with Gasteiger partial charge in [0.15, 0.2) is 0 Å². The number of amides is 1. The first kappa shape index (κ1) is 13.4. The molecule has 3 nitrogen and oxygen atoms in total. The highest BCUT2D eigenvalue weighted by atomic mass is 16.1. The number of benzene rings is 2. The maximum absolute atomic E-state index is 12.2. The molecule has 106 valence electrons. The van der Waals surface area contributed by atoms with Gasteiger partial charge in [-0.15, -0.1) is 0 Å². The zero-order valence-corrected chi connectivity index (χ0v) is 12.2. The van der Waals surface area contributed by atoms with Crippen molar-refractivity contribution in [1.82, 2.24) is 4.98 Å². The highest BCUT2D eigenvalue weighted by Crippen LogP contribution is 2.20. The molecule has 3 heteroatoms. The molecule has 2 aromatic carbocycles. The third-order valence-electron chi connectivity index (χ3n) is 3.73. The van der Waals surface area contributed by atoms with Crippen molar-refractivity contribution in [2.45, 2.75) is 20.3 Å². The Morgan fingerprint density at radius 1 is 1.10 bits per heavy atom. The minimum Gasteiger partial charge on any atom is -0.361 e. The molecule has 0 fully saturated rings. The highest BCUT2D eigenvalue weighted by Gasteiger charge is 2.08. The summed E-state index contributed by atoms with van der Waals surface area (Å²) in [5.74, 6) is 0.0123. The number of anilines is 1. The Morgan fingerprint density at radius 3 is 2.62 bits per heavy atom. The number of aryl methyl sites for hydroxylation is 2. The van der Waals surface area contributed by atoms with E-state index in [-0.39, 0.29) is 5.91 Å². The molecule has 0 unspecified atom stereocenters. The van der Waals surface area contributed by atoms with Gasteiger partial charge >= 0.3 is 0 Å².